The predicted molar refractivity (Wildman–Crippen MR) is 129 cm³/mol. The van der Waals surface area contributed by atoms with Crippen molar-refractivity contribution in [3.05, 3.63) is 113 Å². The molecule has 1 aromatic heterocycles. The molecule has 4 rings (SSSR count). The molecule has 0 aliphatic heterocycles. The van der Waals surface area contributed by atoms with Crippen LogP contribution < -0.4 is 0 Å². The molecule has 0 radical (unpaired) electrons. The summed E-state index contributed by atoms with van der Waals surface area (Å²) in [5.41, 5.74) is 5.24. The van der Waals surface area contributed by atoms with E-state index in [2.05, 4.69) is 108 Å². The first-order chi connectivity index (χ1) is 15.2. The quantitative estimate of drug-likeness (QED) is 0.280. The number of aromatic nitrogens is 3. The first-order valence-electron chi connectivity index (χ1n) is 10.9. The highest BCUT2D eigenvalue weighted by Gasteiger charge is 2.22. The van der Waals surface area contributed by atoms with Crippen molar-refractivity contribution >= 4 is 11.8 Å². The van der Waals surface area contributed by atoms with E-state index in [-0.39, 0.29) is 5.92 Å². The summed E-state index contributed by atoms with van der Waals surface area (Å²) in [5.74, 6) is 2.21. The van der Waals surface area contributed by atoms with Crippen molar-refractivity contribution in [2.75, 3.05) is 0 Å². The molecule has 0 N–H and O–H groups in total. The van der Waals surface area contributed by atoms with Crippen LogP contribution in [-0.4, -0.2) is 14.8 Å². The Balaban J connectivity index is 1.61. The molecule has 0 amide bonds. The van der Waals surface area contributed by atoms with Crippen LogP contribution in [0.2, 0.25) is 0 Å². The van der Waals surface area contributed by atoms with Gasteiger partial charge in [-0.1, -0.05) is 109 Å². The topological polar surface area (TPSA) is 30.7 Å². The van der Waals surface area contributed by atoms with Gasteiger partial charge in [0, 0.05) is 18.2 Å². The second-order valence-corrected chi connectivity index (χ2v) is 8.82. The average molecular weight is 428 g/mol. The molecule has 0 saturated carbocycles. The van der Waals surface area contributed by atoms with Gasteiger partial charge in [0.1, 0.15) is 5.82 Å². The van der Waals surface area contributed by atoms with Crippen LogP contribution in [0.1, 0.15) is 47.3 Å². The van der Waals surface area contributed by atoms with E-state index in [1.54, 1.807) is 11.8 Å². The molecule has 0 saturated heterocycles. The fraction of sp³-hybridized carbons (Fsp3) is 0.259. The van der Waals surface area contributed by atoms with Gasteiger partial charge in [0.25, 0.3) is 0 Å². The van der Waals surface area contributed by atoms with Crippen molar-refractivity contribution in [2.45, 2.75) is 50.1 Å². The van der Waals surface area contributed by atoms with Gasteiger partial charge in [-0.05, 0) is 36.5 Å². The van der Waals surface area contributed by atoms with Crippen molar-refractivity contribution in [1.29, 1.82) is 0 Å². The van der Waals surface area contributed by atoms with Crippen molar-refractivity contribution in [3.8, 4) is 0 Å². The molecule has 1 heterocycles. The average Bonchev–Trinajstić information content (AvgIpc) is 3.21. The normalized spacial score (nSPS) is 12.1. The molecule has 1 atom stereocenters. The largest absolute Gasteiger partial charge is 0.305 e. The summed E-state index contributed by atoms with van der Waals surface area (Å²) in [6.07, 6.45) is 1.96. The molecule has 31 heavy (non-hydrogen) atoms. The summed E-state index contributed by atoms with van der Waals surface area (Å²) < 4.78 is 2.34. The van der Waals surface area contributed by atoms with Gasteiger partial charge in [0.05, 0.1) is 0 Å². The molecule has 1 unspecified atom stereocenters. The third-order valence-corrected chi connectivity index (χ3v) is 6.66. The summed E-state index contributed by atoms with van der Waals surface area (Å²) in [5, 5.41) is 10.3. The Morgan fingerprint density at radius 1 is 0.806 bits per heavy atom. The van der Waals surface area contributed by atoms with Crippen molar-refractivity contribution in [2.24, 2.45) is 0 Å². The Bertz CT molecular complexity index is 1070. The number of aryl methyl sites for hydroxylation is 2. The predicted octanol–water partition coefficient (Wildman–Crippen LogP) is 6.66. The van der Waals surface area contributed by atoms with E-state index in [9.17, 15) is 0 Å². The molecule has 3 nitrogen and oxygen atoms in total. The Labute approximate surface area is 189 Å². The van der Waals surface area contributed by atoms with Crippen LogP contribution >= 0.6 is 11.8 Å². The minimum Gasteiger partial charge on any atom is -0.305 e. The minimum absolute atomic E-state index is 0.248. The molecule has 158 valence electrons. The first kappa shape index (κ1) is 21.4. The fourth-order valence-corrected chi connectivity index (χ4v) is 4.77. The molecule has 0 aliphatic carbocycles. The Hall–Kier alpha value is -2.85. The van der Waals surface area contributed by atoms with E-state index in [4.69, 9.17) is 5.10 Å². The Morgan fingerprint density at radius 3 is 2.16 bits per heavy atom. The van der Waals surface area contributed by atoms with Crippen LogP contribution in [0.4, 0.5) is 0 Å². The third kappa shape index (κ3) is 5.45. The second kappa shape index (κ2) is 10.5. The SMILES string of the molecule is CCC(c1ccccc1)c1nnc(SCc2ccccc2)n1CCc1ccc(C)cc1. The van der Waals surface area contributed by atoms with Gasteiger partial charge in [-0.3, -0.25) is 0 Å². The lowest BCUT2D eigenvalue weighted by molar-refractivity contribution is 0.572. The zero-order valence-electron chi connectivity index (χ0n) is 18.2. The number of rotatable bonds is 9. The van der Waals surface area contributed by atoms with E-state index in [0.29, 0.717) is 0 Å². The van der Waals surface area contributed by atoms with Gasteiger partial charge in [0.15, 0.2) is 5.16 Å². The Morgan fingerprint density at radius 2 is 1.48 bits per heavy atom. The summed E-state index contributed by atoms with van der Waals surface area (Å²) in [6.45, 7) is 5.24. The Kier molecular flexibility index (Phi) is 7.21. The van der Waals surface area contributed by atoms with Gasteiger partial charge in [0.2, 0.25) is 0 Å². The summed E-state index contributed by atoms with van der Waals surface area (Å²) >= 11 is 1.77. The van der Waals surface area contributed by atoms with Crippen LogP contribution in [0.5, 0.6) is 0 Å². The number of hydrogen-bond donors (Lipinski definition) is 0. The van der Waals surface area contributed by atoms with Gasteiger partial charge in [-0.2, -0.15) is 0 Å². The molecule has 4 aromatic rings. The molecule has 3 aromatic carbocycles. The molecule has 4 heteroatoms. The van der Waals surface area contributed by atoms with Crippen LogP contribution in [-0.2, 0) is 18.7 Å². The maximum atomic E-state index is 4.69. The molecule has 0 fully saturated rings. The zero-order chi connectivity index (χ0) is 21.5. The van der Waals surface area contributed by atoms with Gasteiger partial charge < -0.3 is 4.57 Å². The molecular formula is C27H29N3S. The molecule has 0 bridgehead atoms. The number of nitrogens with zero attached hydrogens (tertiary/aromatic N) is 3. The summed E-state index contributed by atoms with van der Waals surface area (Å²) in [4.78, 5) is 0. The highest BCUT2D eigenvalue weighted by molar-refractivity contribution is 7.98. The lowest BCUT2D eigenvalue weighted by Crippen LogP contribution is -2.12. The van der Waals surface area contributed by atoms with E-state index >= 15 is 0 Å². The van der Waals surface area contributed by atoms with Crippen LogP contribution in [0.15, 0.2) is 90.1 Å². The molecular weight excluding hydrogens is 398 g/mol. The monoisotopic (exact) mass is 427 g/mol. The van der Waals surface area contributed by atoms with Gasteiger partial charge in [-0.15, -0.1) is 10.2 Å². The fourth-order valence-electron chi connectivity index (χ4n) is 3.85. The third-order valence-electron chi connectivity index (χ3n) is 5.62. The lowest BCUT2D eigenvalue weighted by Gasteiger charge is -2.17. The maximum absolute atomic E-state index is 4.69. The lowest BCUT2D eigenvalue weighted by atomic mass is 9.95. The van der Waals surface area contributed by atoms with Gasteiger partial charge in [-0.25, -0.2) is 0 Å². The number of hydrogen-bond acceptors (Lipinski definition) is 3. The molecule has 0 spiro atoms. The van der Waals surface area contributed by atoms with Crippen molar-refractivity contribution in [1.82, 2.24) is 14.8 Å². The van der Waals surface area contributed by atoms with E-state index < -0.39 is 0 Å². The smallest absolute Gasteiger partial charge is 0.191 e. The number of thioether (sulfide) groups is 1. The number of benzene rings is 3. The van der Waals surface area contributed by atoms with E-state index in [1.807, 2.05) is 0 Å². The van der Waals surface area contributed by atoms with Crippen LogP contribution in [0.25, 0.3) is 0 Å². The highest BCUT2D eigenvalue weighted by Crippen LogP contribution is 2.30. The standard InChI is InChI=1S/C27H29N3S/c1-3-25(24-12-8-5-9-13-24)26-28-29-27(31-20-23-10-6-4-7-11-23)30(26)19-18-22-16-14-21(2)15-17-22/h4-17,25H,3,18-20H2,1-2H3. The van der Waals surface area contributed by atoms with Crippen LogP contribution in [0, 0.1) is 6.92 Å². The van der Waals surface area contributed by atoms with Crippen molar-refractivity contribution < 1.29 is 0 Å². The van der Waals surface area contributed by atoms with E-state index in [1.165, 1.54) is 22.3 Å². The highest BCUT2D eigenvalue weighted by atomic mass is 32.2. The van der Waals surface area contributed by atoms with E-state index in [0.717, 1.165) is 36.1 Å². The zero-order valence-corrected chi connectivity index (χ0v) is 19.1. The van der Waals surface area contributed by atoms with Gasteiger partial charge >= 0.3 is 0 Å². The summed E-state index contributed by atoms with van der Waals surface area (Å²) in [7, 11) is 0. The first-order valence-corrected chi connectivity index (χ1v) is 11.9. The second-order valence-electron chi connectivity index (χ2n) is 7.87. The van der Waals surface area contributed by atoms with Crippen molar-refractivity contribution in [3.63, 3.8) is 0 Å². The summed E-state index contributed by atoms with van der Waals surface area (Å²) in [6, 6.07) is 30.1. The molecule has 0 aliphatic rings. The maximum Gasteiger partial charge on any atom is 0.191 e. The minimum atomic E-state index is 0.248. The van der Waals surface area contributed by atoms with Crippen LogP contribution in [0.3, 0.4) is 0 Å².